The summed E-state index contributed by atoms with van der Waals surface area (Å²) in [7, 11) is 1.72. The molecule has 3 N–H and O–H groups in total. The van der Waals surface area contributed by atoms with Gasteiger partial charge < -0.3 is 4.74 Å². The van der Waals surface area contributed by atoms with Gasteiger partial charge in [0.25, 0.3) is 0 Å². The maximum Gasteiger partial charge on any atom is 0.115 e. The Morgan fingerprint density at radius 3 is 2.56 bits per heavy atom. The van der Waals surface area contributed by atoms with Crippen LogP contribution in [-0.4, -0.2) is 22.7 Å². The predicted octanol–water partition coefficient (Wildman–Crippen LogP) is 1.19. The number of methoxy groups -OCH3 is 1. The Kier molecular flexibility index (Phi) is 4.79. The monoisotopic (exact) mass is 224 g/mol. The van der Waals surface area contributed by atoms with Crippen LogP contribution in [0.2, 0.25) is 0 Å². The smallest absolute Gasteiger partial charge is 0.115 e. The van der Waals surface area contributed by atoms with E-state index in [4.69, 9.17) is 10.6 Å². The van der Waals surface area contributed by atoms with Gasteiger partial charge in [0, 0.05) is 31.1 Å². The van der Waals surface area contributed by atoms with Gasteiger partial charge in [0.05, 0.1) is 5.60 Å². The van der Waals surface area contributed by atoms with Crippen LogP contribution in [0, 0.1) is 0 Å². The summed E-state index contributed by atoms with van der Waals surface area (Å²) in [6.45, 7) is 4.12. The van der Waals surface area contributed by atoms with Gasteiger partial charge in [-0.3, -0.25) is 11.3 Å². The van der Waals surface area contributed by atoms with Gasteiger partial charge in [-0.2, -0.15) is 0 Å². The second-order valence-corrected chi connectivity index (χ2v) is 4.39. The molecule has 90 valence electrons. The molecule has 0 aliphatic heterocycles. The van der Waals surface area contributed by atoms with E-state index < -0.39 is 0 Å². The Labute approximate surface area is 96.4 Å². The summed E-state index contributed by atoms with van der Waals surface area (Å²) in [5.74, 6) is 5.53. The minimum absolute atomic E-state index is 0.0654. The van der Waals surface area contributed by atoms with Crippen molar-refractivity contribution in [3.8, 4) is 0 Å². The molecule has 0 saturated heterocycles. The van der Waals surface area contributed by atoms with Crippen molar-refractivity contribution in [1.82, 2.24) is 15.4 Å². The molecule has 1 heterocycles. The Morgan fingerprint density at radius 2 is 2.06 bits per heavy atom. The SMILES string of the molecule is COC(C)(C)CCC(NN)c1cncnc1. The fourth-order valence-electron chi connectivity index (χ4n) is 1.43. The van der Waals surface area contributed by atoms with E-state index in [0.29, 0.717) is 0 Å². The summed E-state index contributed by atoms with van der Waals surface area (Å²) in [4.78, 5) is 7.96. The fraction of sp³-hybridized carbons (Fsp3) is 0.636. The van der Waals surface area contributed by atoms with Crippen molar-refractivity contribution in [3.63, 3.8) is 0 Å². The first-order valence-corrected chi connectivity index (χ1v) is 5.35. The van der Waals surface area contributed by atoms with Crippen LogP contribution in [0.15, 0.2) is 18.7 Å². The van der Waals surface area contributed by atoms with Crippen molar-refractivity contribution in [1.29, 1.82) is 0 Å². The van der Waals surface area contributed by atoms with Crippen LogP contribution in [0.1, 0.15) is 38.3 Å². The molecule has 1 aromatic rings. The molecule has 1 unspecified atom stereocenters. The minimum atomic E-state index is -0.134. The molecule has 0 amide bonds. The molecule has 0 bridgehead atoms. The van der Waals surface area contributed by atoms with Gasteiger partial charge >= 0.3 is 0 Å². The topological polar surface area (TPSA) is 73.1 Å². The maximum atomic E-state index is 5.53. The number of nitrogens with zero attached hydrogens (tertiary/aromatic N) is 2. The quantitative estimate of drug-likeness (QED) is 0.561. The first-order chi connectivity index (χ1) is 7.59. The number of ether oxygens (including phenoxy) is 1. The molecule has 5 nitrogen and oxygen atoms in total. The number of hydrazine groups is 1. The van der Waals surface area contributed by atoms with E-state index in [1.807, 2.05) is 0 Å². The lowest BCUT2D eigenvalue weighted by molar-refractivity contribution is 0.0116. The van der Waals surface area contributed by atoms with Crippen molar-refractivity contribution in [2.24, 2.45) is 5.84 Å². The molecule has 0 spiro atoms. The van der Waals surface area contributed by atoms with E-state index in [-0.39, 0.29) is 11.6 Å². The summed E-state index contributed by atoms with van der Waals surface area (Å²) < 4.78 is 5.37. The second kappa shape index (κ2) is 5.89. The molecule has 1 aromatic heterocycles. The first kappa shape index (κ1) is 13.0. The van der Waals surface area contributed by atoms with E-state index in [0.717, 1.165) is 18.4 Å². The predicted molar refractivity (Wildman–Crippen MR) is 62.4 cm³/mol. The first-order valence-electron chi connectivity index (χ1n) is 5.35. The number of hydrogen-bond acceptors (Lipinski definition) is 5. The van der Waals surface area contributed by atoms with E-state index in [1.165, 1.54) is 6.33 Å². The van der Waals surface area contributed by atoms with Crippen LogP contribution in [0.5, 0.6) is 0 Å². The van der Waals surface area contributed by atoms with Crippen LogP contribution >= 0.6 is 0 Å². The maximum absolute atomic E-state index is 5.53. The highest BCUT2D eigenvalue weighted by Crippen LogP contribution is 2.22. The molecule has 0 radical (unpaired) electrons. The van der Waals surface area contributed by atoms with Gasteiger partial charge in [-0.1, -0.05) is 0 Å². The number of nitrogens with two attached hydrogens (primary N) is 1. The molecule has 0 aliphatic rings. The summed E-state index contributed by atoms with van der Waals surface area (Å²) in [5.41, 5.74) is 3.64. The van der Waals surface area contributed by atoms with Crippen molar-refractivity contribution >= 4 is 0 Å². The largest absolute Gasteiger partial charge is 0.379 e. The lowest BCUT2D eigenvalue weighted by Crippen LogP contribution is -2.31. The molecule has 1 rings (SSSR count). The van der Waals surface area contributed by atoms with Crippen LogP contribution in [0.4, 0.5) is 0 Å². The normalized spacial score (nSPS) is 13.8. The second-order valence-electron chi connectivity index (χ2n) is 4.39. The van der Waals surface area contributed by atoms with E-state index in [1.54, 1.807) is 19.5 Å². The van der Waals surface area contributed by atoms with Gasteiger partial charge in [0.15, 0.2) is 0 Å². The van der Waals surface area contributed by atoms with Crippen molar-refractivity contribution < 1.29 is 4.74 Å². The molecule has 0 aliphatic carbocycles. The number of aromatic nitrogens is 2. The highest BCUT2D eigenvalue weighted by Gasteiger charge is 2.19. The van der Waals surface area contributed by atoms with Crippen molar-refractivity contribution in [2.75, 3.05) is 7.11 Å². The molecule has 5 heteroatoms. The Morgan fingerprint density at radius 1 is 1.44 bits per heavy atom. The number of nitrogens with one attached hydrogen (secondary N) is 1. The van der Waals surface area contributed by atoms with Crippen molar-refractivity contribution in [2.45, 2.75) is 38.3 Å². The number of rotatable bonds is 6. The third kappa shape index (κ3) is 3.84. The van der Waals surface area contributed by atoms with Crippen LogP contribution < -0.4 is 11.3 Å². The third-order valence-corrected chi connectivity index (χ3v) is 2.77. The molecule has 1 atom stereocenters. The van der Waals surface area contributed by atoms with Crippen LogP contribution in [0.25, 0.3) is 0 Å². The lowest BCUT2D eigenvalue weighted by atomic mass is 9.96. The highest BCUT2D eigenvalue weighted by atomic mass is 16.5. The zero-order valence-corrected chi connectivity index (χ0v) is 10.1. The summed E-state index contributed by atoms with van der Waals surface area (Å²) >= 11 is 0. The van der Waals surface area contributed by atoms with Gasteiger partial charge in [-0.05, 0) is 26.7 Å². The fourth-order valence-corrected chi connectivity index (χ4v) is 1.43. The van der Waals surface area contributed by atoms with Crippen LogP contribution in [-0.2, 0) is 4.74 Å². The molecule has 0 aromatic carbocycles. The van der Waals surface area contributed by atoms with E-state index in [9.17, 15) is 0 Å². The Bertz CT molecular complexity index is 302. The summed E-state index contributed by atoms with van der Waals surface area (Å²) in [6.07, 6.45) is 6.85. The Balaban J connectivity index is 2.57. The molecular formula is C11H20N4O. The van der Waals surface area contributed by atoms with E-state index >= 15 is 0 Å². The molecular weight excluding hydrogens is 204 g/mol. The highest BCUT2D eigenvalue weighted by molar-refractivity contribution is 5.08. The molecule has 0 saturated carbocycles. The molecule has 0 fully saturated rings. The van der Waals surface area contributed by atoms with E-state index in [2.05, 4.69) is 29.2 Å². The van der Waals surface area contributed by atoms with Crippen LogP contribution in [0.3, 0.4) is 0 Å². The third-order valence-electron chi connectivity index (χ3n) is 2.77. The minimum Gasteiger partial charge on any atom is -0.379 e. The van der Waals surface area contributed by atoms with Crippen molar-refractivity contribution in [3.05, 3.63) is 24.3 Å². The summed E-state index contributed by atoms with van der Waals surface area (Å²) in [6, 6.07) is 0.0654. The average molecular weight is 224 g/mol. The van der Waals surface area contributed by atoms with Gasteiger partial charge in [0.2, 0.25) is 0 Å². The zero-order chi connectivity index (χ0) is 12.0. The lowest BCUT2D eigenvalue weighted by Gasteiger charge is -2.25. The van der Waals surface area contributed by atoms with Gasteiger partial charge in [0.1, 0.15) is 6.33 Å². The standard InChI is InChI=1S/C11H20N4O/c1-11(2,16-3)5-4-10(15-12)9-6-13-8-14-7-9/h6-8,10,15H,4-5,12H2,1-3H3. The molecule has 16 heavy (non-hydrogen) atoms. The average Bonchev–Trinajstić information content (AvgIpc) is 2.31. The van der Waals surface area contributed by atoms with Gasteiger partial charge in [-0.15, -0.1) is 0 Å². The zero-order valence-electron chi connectivity index (χ0n) is 10.1. The number of hydrogen-bond donors (Lipinski definition) is 2. The summed E-state index contributed by atoms with van der Waals surface area (Å²) in [5, 5.41) is 0. The van der Waals surface area contributed by atoms with Gasteiger partial charge in [-0.25, -0.2) is 9.97 Å². The Hall–Kier alpha value is -1.04.